The lowest BCUT2D eigenvalue weighted by Gasteiger charge is -2.18. The Labute approximate surface area is 129 Å². The molecule has 1 aromatic heterocycles. The smallest absolute Gasteiger partial charge is 0.109 e. The van der Waals surface area contributed by atoms with Gasteiger partial charge >= 0.3 is 0 Å². The first-order chi connectivity index (χ1) is 9.60. The molecule has 5 heteroatoms. The molecular weight excluding hydrogens is 293 g/mol. The van der Waals surface area contributed by atoms with Gasteiger partial charge in [-0.3, -0.25) is 0 Å². The monoisotopic (exact) mass is 311 g/mol. The van der Waals surface area contributed by atoms with Gasteiger partial charge in [0.15, 0.2) is 0 Å². The van der Waals surface area contributed by atoms with Crippen molar-refractivity contribution in [2.75, 3.05) is 6.54 Å². The molecule has 3 nitrogen and oxygen atoms in total. The first-order valence-electron chi connectivity index (χ1n) is 6.73. The lowest BCUT2D eigenvalue weighted by atomic mass is 10.0. The number of benzene rings is 1. The summed E-state index contributed by atoms with van der Waals surface area (Å²) in [4.78, 5) is 4.39. The molecule has 0 saturated heterocycles. The number of imidazole rings is 1. The molecule has 0 aliphatic carbocycles. The van der Waals surface area contributed by atoms with Gasteiger partial charge in [0.05, 0.1) is 10.0 Å². The minimum absolute atomic E-state index is 0.332. The van der Waals surface area contributed by atoms with E-state index in [-0.39, 0.29) is 0 Å². The maximum absolute atomic E-state index is 6.07. The second-order valence-electron chi connectivity index (χ2n) is 4.87. The third kappa shape index (κ3) is 3.98. The van der Waals surface area contributed by atoms with Crippen LogP contribution in [0.15, 0.2) is 30.6 Å². The zero-order valence-corrected chi connectivity index (χ0v) is 13.2. The fourth-order valence-electron chi connectivity index (χ4n) is 2.27. The molecule has 108 valence electrons. The lowest BCUT2D eigenvalue weighted by Crippen LogP contribution is -2.33. The van der Waals surface area contributed by atoms with E-state index in [1.54, 1.807) is 0 Å². The van der Waals surface area contributed by atoms with Gasteiger partial charge in [0.25, 0.3) is 0 Å². The number of hydrogen-bond donors (Lipinski definition) is 1. The Morgan fingerprint density at radius 2 is 2.05 bits per heavy atom. The number of halogens is 2. The third-order valence-electron chi connectivity index (χ3n) is 3.31. The van der Waals surface area contributed by atoms with E-state index in [4.69, 9.17) is 23.2 Å². The largest absolute Gasteiger partial charge is 0.338 e. The molecule has 2 rings (SSSR count). The van der Waals surface area contributed by atoms with Crippen LogP contribution in [0.3, 0.4) is 0 Å². The van der Waals surface area contributed by atoms with Crippen molar-refractivity contribution >= 4 is 23.2 Å². The summed E-state index contributed by atoms with van der Waals surface area (Å²) in [7, 11) is 2.02. The maximum Gasteiger partial charge on any atom is 0.109 e. The van der Waals surface area contributed by atoms with E-state index in [0.717, 1.165) is 25.2 Å². The highest BCUT2D eigenvalue weighted by atomic mass is 35.5. The van der Waals surface area contributed by atoms with Crippen LogP contribution < -0.4 is 5.32 Å². The van der Waals surface area contributed by atoms with Crippen LogP contribution >= 0.6 is 23.2 Å². The number of hydrogen-bond acceptors (Lipinski definition) is 2. The molecule has 1 N–H and O–H groups in total. The van der Waals surface area contributed by atoms with E-state index >= 15 is 0 Å². The Bertz CT molecular complexity index is 566. The van der Waals surface area contributed by atoms with Crippen molar-refractivity contribution in [3.63, 3.8) is 0 Å². The molecule has 0 radical (unpaired) electrons. The van der Waals surface area contributed by atoms with E-state index in [1.807, 2.05) is 37.6 Å². The van der Waals surface area contributed by atoms with Crippen molar-refractivity contribution in [1.82, 2.24) is 14.9 Å². The van der Waals surface area contributed by atoms with Crippen LogP contribution in [0, 0.1) is 0 Å². The summed E-state index contributed by atoms with van der Waals surface area (Å²) in [6.45, 7) is 3.04. The van der Waals surface area contributed by atoms with E-state index < -0.39 is 0 Å². The standard InChI is InChI=1S/C15H19Cl2N3/c1-3-18-12(10-15-19-6-7-20(15)2)8-11-4-5-13(16)14(17)9-11/h4-7,9,12,18H,3,8,10H2,1-2H3. The van der Waals surface area contributed by atoms with E-state index in [0.29, 0.717) is 16.1 Å². The van der Waals surface area contributed by atoms with Crippen LogP contribution in [0.1, 0.15) is 18.3 Å². The Morgan fingerprint density at radius 1 is 1.25 bits per heavy atom. The van der Waals surface area contributed by atoms with E-state index in [1.165, 1.54) is 5.56 Å². The van der Waals surface area contributed by atoms with Crippen molar-refractivity contribution in [3.8, 4) is 0 Å². The van der Waals surface area contributed by atoms with Crippen molar-refractivity contribution in [3.05, 3.63) is 52.0 Å². The van der Waals surface area contributed by atoms with Crippen LogP contribution in [-0.2, 0) is 19.9 Å². The van der Waals surface area contributed by atoms with Gasteiger partial charge < -0.3 is 9.88 Å². The van der Waals surface area contributed by atoms with Gasteiger partial charge in [-0.25, -0.2) is 4.98 Å². The molecule has 0 bridgehead atoms. The average Bonchev–Trinajstić information content (AvgIpc) is 2.80. The van der Waals surface area contributed by atoms with E-state index in [2.05, 4.69) is 21.8 Å². The number of nitrogens with zero attached hydrogens (tertiary/aromatic N) is 2. The predicted octanol–water partition coefficient (Wildman–Crippen LogP) is 3.49. The number of nitrogens with one attached hydrogen (secondary N) is 1. The van der Waals surface area contributed by atoms with Crippen LogP contribution in [0.25, 0.3) is 0 Å². The number of aromatic nitrogens is 2. The third-order valence-corrected chi connectivity index (χ3v) is 4.05. The minimum atomic E-state index is 0.332. The molecule has 1 heterocycles. The molecule has 2 aromatic rings. The van der Waals surface area contributed by atoms with Gasteiger partial charge in [-0.2, -0.15) is 0 Å². The molecule has 1 aromatic carbocycles. The first-order valence-corrected chi connectivity index (χ1v) is 7.49. The Hall–Kier alpha value is -1.03. The fraction of sp³-hybridized carbons (Fsp3) is 0.400. The topological polar surface area (TPSA) is 29.9 Å². The summed E-state index contributed by atoms with van der Waals surface area (Å²) in [5.41, 5.74) is 1.18. The summed E-state index contributed by atoms with van der Waals surface area (Å²) in [5.74, 6) is 1.08. The van der Waals surface area contributed by atoms with Crippen molar-refractivity contribution in [2.24, 2.45) is 7.05 Å². The highest BCUT2D eigenvalue weighted by molar-refractivity contribution is 6.42. The number of aryl methyl sites for hydroxylation is 1. The molecule has 1 unspecified atom stereocenters. The summed E-state index contributed by atoms with van der Waals surface area (Å²) >= 11 is 12.0. The molecular formula is C15H19Cl2N3. The summed E-state index contributed by atoms with van der Waals surface area (Å²) < 4.78 is 2.05. The SMILES string of the molecule is CCNC(Cc1ccc(Cl)c(Cl)c1)Cc1nccn1C. The highest BCUT2D eigenvalue weighted by Gasteiger charge is 2.13. The Balaban J connectivity index is 2.08. The first kappa shape index (κ1) is 15.4. The zero-order chi connectivity index (χ0) is 14.5. The maximum atomic E-state index is 6.07. The van der Waals surface area contributed by atoms with Crippen molar-refractivity contribution < 1.29 is 0 Å². The number of likely N-dealkylation sites (N-methyl/N-ethyl adjacent to an activating group) is 1. The fourth-order valence-corrected chi connectivity index (χ4v) is 2.59. The second kappa shape index (κ2) is 7.11. The van der Waals surface area contributed by atoms with Gasteiger partial charge in [-0.05, 0) is 30.7 Å². The van der Waals surface area contributed by atoms with Gasteiger partial charge in [0, 0.05) is 31.9 Å². The molecule has 0 saturated carbocycles. The summed E-state index contributed by atoms with van der Waals surface area (Å²) in [6, 6.07) is 6.14. The van der Waals surface area contributed by atoms with Crippen molar-refractivity contribution in [1.29, 1.82) is 0 Å². The van der Waals surface area contributed by atoms with Crippen LogP contribution in [0.5, 0.6) is 0 Å². The molecule has 20 heavy (non-hydrogen) atoms. The Kier molecular flexibility index (Phi) is 5.46. The van der Waals surface area contributed by atoms with Gasteiger partial charge in [0.1, 0.15) is 5.82 Å². The van der Waals surface area contributed by atoms with E-state index in [9.17, 15) is 0 Å². The van der Waals surface area contributed by atoms with Crippen molar-refractivity contribution in [2.45, 2.75) is 25.8 Å². The predicted molar refractivity (Wildman–Crippen MR) is 84.5 cm³/mol. The van der Waals surface area contributed by atoms with Gasteiger partial charge in [-0.15, -0.1) is 0 Å². The molecule has 0 aliphatic rings. The number of rotatable bonds is 6. The second-order valence-corrected chi connectivity index (χ2v) is 5.68. The molecule has 0 amide bonds. The van der Waals surface area contributed by atoms with Gasteiger partial charge in [0.2, 0.25) is 0 Å². The molecule has 0 fully saturated rings. The molecule has 1 atom stereocenters. The average molecular weight is 312 g/mol. The normalized spacial score (nSPS) is 12.6. The summed E-state index contributed by atoms with van der Waals surface area (Å²) in [5, 5.41) is 4.71. The van der Waals surface area contributed by atoms with Crippen LogP contribution in [-0.4, -0.2) is 22.1 Å². The van der Waals surface area contributed by atoms with Gasteiger partial charge in [-0.1, -0.05) is 36.2 Å². The summed E-state index contributed by atoms with van der Waals surface area (Å²) in [6.07, 6.45) is 5.59. The minimum Gasteiger partial charge on any atom is -0.338 e. The highest BCUT2D eigenvalue weighted by Crippen LogP contribution is 2.23. The van der Waals surface area contributed by atoms with Crippen LogP contribution in [0.4, 0.5) is 0 Å². The van der Waals surface area contributed by atoms with Crippen LogP contribution in [0.2, 0.25) is 10.0 Å². The molecule has 0 spiro atoms. The lowest BCUT2D eigenvalue weighted by molar-refractivity contribution is 0.504. The Morgan fingerprint density at radius 3 is 2.65 bits per heavy atom. The molecule has 0 aliphatic heterocycles. The zero-order valence-electron chi connectivity index (χ0n) is 11.7. The quantitative estimate of drug-likeness (QED) is 0.885.